The quantitative estimate of drug-likeness (QED) is 0.476. The number of aromatic amines is 1. The summed E-state index contributed by atoms with van der Waals surface area (Å²) in [6.45, 7) is 1.89. The average Bonchev–Trinajstić information content (AvgIpc) is 3.04. The fraction of sp³-hybridized carbons (Fsp3) is 0.143. The van der Waals surface area contributed by atoms with Crippen molar-refractivity contribution in [3.05, 3.63) is 75.1 Å². The fourth-order valence-corrected chi connectivity index (χ4v) is 4.60. The topological polar surface area (TPSA) is 87.5 Å². The third-order valence-electron chi connectivity index (χ3n) is 4.84. The van der Waals surface area contributed by atoms with Gasteiger partial charge in [0.2, 0.25) is 10.0 Å². The highest BCUT2D eigenvalue weighted by Gasteiger charge is 2.18. The van der Waals surface area contributed by atoms with E-state index >= 15 is 0 Å². The molecule has 2 aromatic heterocycles. The van der Waals surface area contributed by atoms with Crippen molar-refractivity contribution in [2.75, 3.05) is 14.1 Å². The number of halogens is 1. The van der Waals surface area contributed by atoms with Crippen LogP contribution in [0.3, 0.4) is 0 Å². The monoisotopic (exact) mass is 486 g/mol. The second-order valence-corrected chi connectivity index (χ2v) is 10.1. The summed E-state index contributed by atoms with van der Waals surface area (Å²) >= 11 is 3.48. The van der Waals surface area contributed by atoms with Gasteiger partial charge in [-0.05, 0) is 36.8 Å². The zero-order valence-corrected chi connectivity index (χ0v) is 19.0. The summed E-state index contributed by atoms with van der Waals surface area (Å²) in [5, 5.41) is 3.07. The van der Waals surface area contributed by atoms with E-state index in [-0.39, 0.29) is 10.5 Å². The second kappa shape index (κ2) is 7.50. The Morgan fingerprint density at radius 3 is 2.37 bits per heavy atom. The molecule has 0 atom stereocenters. The molecular formula is C21H19BrN4O3S. The highest BCUT2D eigenvalue weighted by Crippen LogP contribution is 2.30. The maximum Gasteiger partial charge on any atom is 0.273 e. The fourth-order valence-electron chi connectivity index (χ4n) is 3.30. The summed E-state index contributed by atoms with van der Waals surface area (Å²) < 4.78 is 28.1. The van der Waals surface area contributed by atoms with Crippen molar-refractivity contribution in [1.82, 2.24) is 18.9 Å². The molecule has 2 heterocycles. The standard InChI is InChI=1S/C21H19BrN4O3S/c1-13-20(15-5-4-6-16(22)11-15)21-23-18(12-19(27)26(21)24-13)14-7-9-17(10-8-14)30(28,29)25(2)3/h4-12,24H,1-3H3. The SMILES string of the molecule is Cc1[nH]n2c(=O)cc(-c3ccc(S(=O)(=O)N(C)C)cc3)nc2c1-c1cccc(Br)c1. The highest BCUT2D eigenvalue weighted by molar-refractivity contribution is 9.10. The van der Waals surface area contributed by atoms with E-state index in [2.05, 4.69) is 21.0 Å². The smallest absolute Gasteiger partial charge is 0.273 e. The van der Waals surface area contributed by atoms with Crippen LogP contribution in [0, 0.1) is 6.92 Å². The molecule has 154 valence electrons. The summed E-state index contributed by atoms with van der Waals surface area (Å²) in [7, 11) is -0.558. The molecule has 0 aliphatic heterocycles. The van der Waals surface area contributed by atoms with Crippen molar-refractivity contribution in [2.24, 2.45) is 0 Å². The van der Waals surface area contributed by atoms with Crippen LogP contribution in [-0.2, 0) is 10.0 Å². The van der Waals surface area contributed by atoms with Gasteiger partial charge in [0.25, 0.3) is 5.56 Å². The van der Waals surface area contributed by atoms with Gasteiger partial charge in [0, 0.05) is 41.5 Å². The van der Waals surface area contributed by atoms with Gasteiger partial charge < -0.3 is 0 Å². The molecule has 0 spiro atoms. The number of hydrogen-bond acceptors (Lipinski definition) is 4. The minimum absolute atomic E-state index is 0.182. The minimum atomic E-state index is -3.52. The van der Waals surface area contributed by atoms with Crippen LogP contribution in [0.2, 0.25) is 0 Å². The number of benzene rings is 2. The lowest BCUT2D eigenvalue weighted by molar-refractivity contribution is 0.521. The van der Waals surface area contributed by atoms with Crippen LogP contribution in [0.1, 0.15) is 5.69 Å². The number of H-pyrrole nitrogens is 1. The van der Waals surface area contributed by atoms with E-state index in [9.17, 15) is 13.2 Å². The van der Waals surface area contributed by atoms with Crippen LogP contribution in [0.15, 0.2) is 68.8 Å². The first kappa shape index (κ1) is 20.5. The van der Waals surface area contributed by atoms with Crippen LogP contribution < -0.4 is 5.56 Å². The molecule has 0 saturated heterocycles. The lowest BCUT2D eigenvalue weighted by Crippen LogP contribution is -2.22. The van der Waals surface area contributed by atoms with Crippen LogP contribution in [0.5, 0.6) is 0 Å². The molecule has 0 fully saturated rings. The molecule has 0 unspecified atom stereocenters. The van der Waals surface area contributed by atoms with Crippen LogP contribution in [0.4, 0.5) is 0 Å². The molecule has 0 aliphatic rings. The van der Waals surface area contributed by atoms with Gasteiger partial charge in [-0.15, -0.1) is 0 Å². The number of fused-ring (bicyclic) bond motifs is 1. The van der Waals surface area contributed by atoms with Gasteiger partial charge in [-0.2, -0.15) is 0 Å². The lowest BCUT2D eigenvalue weighted by Gasteiger charge is -2.11. The average molecular weight is 487 g/mol. The summed E-state index contributed by atoms with van der Waals surface area (Å²) in [4.78, 5) is 17.6. The van der Waals surface area contributed by atoms with E-state index in [1.54, 1.807) is 12.1 Å². The Kier molecular flexibility index (Phi) is 5.13. The molecule has 7 nitrogen and oxygen atoms in total. The third kappa shape index (κ3) is 3.49. The Hall–Kier alpha value is -2.75. The molecule has 0 amide bonds. The van der Waals surface area contributed by atoms with Crippen molar-refractivity contribution in [2.45, 2.75) is 11.8 Å². The van der Waals surface area contributed by atoms with Gasteiger partial charge in [-0.25, -0.2) is 22.2 Å². The molecule has 4 rings (SSSR count). The minimum Gasteiger partial charge on any atom is -0.293 e. The van der Waals surface area contributed by atoms with E-state index in [0.29, 0.717) is 16.9 Å². The van der Waals surface area contributed by atoms with Crippen LogP contribution in [0.25, 0.3) is 28.0 Å². The molecule has 2 aromatic carbocycles. The Balaban J connectivity index is 1.88. The van der Waals surface area contributed by atoms with Crippen LogP contribution in [-0.4, -0.2) is 41.4 Å². The summed E-state index contributed by atoms with van der Waals surface area (Å²) in [5.41, 5.74) is 3.99. The number of sulfonamides is 1. The molecular weight excluding hydrogens is 468 g/mol. The molecule has 1 N–H and O–H groups in total. The number of aryl methyl sites for hydroxylation is 1. The molecule has 30 heavy (non-hydrogen) atoms. The molecule has 9 heteroatoms. The van der Waals surface area contributed by atoms with Crippen molar-refractivity contribution < 1.29 is 8.42 Å². The number of hydrogen-bond donors (Lipinski definition) is 1. The van der Waals surface area contributed by atoms with Gasteiger partial charge in [0.15, 0.2) is 5.65 Å². The van der Waals surface area contributed by atoms with Crippen LogP contribution >= 0.6 is 15.9 Å². The number of rotatable bonds is 4. The Labute approximate surface area is 182 Å². The third-order valence-corrected chi connectivity index (χ3v) is 7.16. The highest BCUT2D eigenvalue weighted by atomic mass is 79.9. The summed E-state index contributed by atoms with van der Waals surface area (Å²) in [6.07, 6.45) is 0. The van der Waals surface area contributed by atoms with Gasteiger partial charge >= 0.3 is 0 Å². The molecule has 0 saturated carbocycles. The van der Waals surface area contributed by atoms with Crippen molar-refractivity contribution >= 4 is 31.6 Å². The van der Waals surface area contributed by atoms with Crippen molar-refractivity contribution in [3.63, 3.8) is 0 Å². The largest absolute Gasteiger partial charge is 0.293 e. The zero-order chi connectivity index (χ0) is 21.6. The Morgan fingerprint density at radius 1 is 1.03 bits per heavy atom. The normalized spacial score (nSPS) is 12.0. The lowest BCUT2D eigenvalue weighted by atomic mass is 10.1. The summed E-state index contributed by atoms with van der Waals surface area (Å²) in [5.74, 6) is 0. The van der Waals surface area contributed by atoms with Crippen molar-refractivity contribution in [1.29, 1.82) is 0 Å². The maximum atomic E-state index is 12.7. The number of nitrogens with zero attached hydrogens (tertiary/aromatic N) is 3. The molecule has 0 radical (unpaired) electrons. The number of nitrogens with one attached hydrogen (secondary N) is 1. The van der Waals surface area contributed by atoms with Gasteiger partial charge in [-0.1, -0.05) is 40.2 Å². The maximum absolute atomic E-state index is 12.7. The zero-order valence-electron chi connectivity index (χ0n) is 16.5. The predicted octanol–water partition coefficient (Wildman–Crippen LogP) is 3.68. The van der Waals surface area contributed by atoms with Crippen molar-refractivity contribution in [3.8, 4) is 22.4 Å². The van der Waals surface area contributed by atoms with E-state index < -0.39 is 10.0 Å². The first-order valence-corrected chi connectivity index (χ1v) is 11.3. The molecule has 4 aromatic rings. The van der Waals surface area contributed by atoms with E-state index in [1.165, 1.54) is 36.8 Å². The van der Waals surface area contributed by atoms with Gasteiger partial charge in [-0.3, -0.25) is 9.89 Å². The Bertz CT molecular complexity index is 1420. The van der Waals surface area contributed by atoms with E-state index in [0.717, 1.165) is 25.6 Å². The first-order valence-electron chi connectivity index (χ1n) is 9.10. The van der Waals surface area contributed by atoms with E-state index in [4.69, 9.17) is 4.98 Å². The summed E-state index contributed by atoms with van der Waals surface area (Å²) in [6, 6.07) is 15.6. The van der Waals surface area contributed by atoms with Gasteiger partial charge in [0.1, 0.15) is 0 Å². The number of aromatic nitrogens is 3. The van der Waals surface area contributed by atoms with Gasteiger partial charge in [0.05, 0.1) is 10.6 Å². The molecule has 0 bridgehead atoms. The second-order valence-electron chi connectivity index (χ2n) is 7.07. The Morgan fingerprint density at radius 2 is 1.73 bits per heavy atom. The first-order chi connectivity index (χ1) is 14.2. The molecule has 0 aliphatic carbocycles. The van der Waals surface area contributed by atoms with E-state index in [1.807, 2.05) is 31.2 Å². The predicted molar refractivity (Wildman–Crippen MR) is 120 cm³/mol.